The highest BCUT2D eigenvalue weighted by molar-refractivity contribution is 5.97. The van der Waals surface area contributed by atoms with E-state index in [-0.39, 0.29) is 48.5 Å². The van der Waals surface area contributed by atoms with Crippen molar-refractivity contribution in [2.24, 2.45) is 5.84 Å². The van der Waals surface area contributed by atoms with Crippen LogP contribution in [0.4, 0.5) is 11.6 Å². The van der Waals surface area contributed by atoms with Gasteiger partial charge in [0, 0.05) is 31.3 Å². The molecule has 2 amide bonds. The van der Waals surface area contributed by atoms with Crippen molar-refractivity contribution in [3.8, 4) is 0 Å². The van der Waals surface area contributed by atoms with Crippen LogP contribution in [-0.2, 0) is 20.9 Å². The number of H-pyrrole nitrogens is 1. The van der Waals surface area contributed by atoms with Gasteiger partial charge in [-0.2, -0.15) is 38.2 Å². The Morgan fingerprint density at radius 1 is 0.939 bits per heavy atom. The Labute approximate surface area is 278 Å². The number of carbonyl (C=O) groups is 4. The molecule has 1 aromatic carbocycles. The smallest absolute Gasteiger partial charge is 0.326 e. The van der Waals surface area contributed by atoms with E-state index in [2.05, 4.69) is 69.1 Å². The molecule has 49 heavy (non-hydrogen) atoms. The minimum atomic E-state index is -1.40. The maximum Gasteiger partial charge on any atom is 0.326 e. The third kappa shape index (κ3) is 13.0. The molecule has 0 aliphatic carbocycles. The lowest BCUT2D eigenvalue weighted by molar-refractivity contribution is -0.142. The second-order valence-corrected chi connectivity index (χ2v) is 10.5. The van der Waals surface area contributed by atoms with Crippen molar-refractivity contribution >= 4 is 46.6 Å². The molecule has 0 radical (unpaired) electrons. The second kappa shape index (κ2) is 19.4. The van der Waals surface area contributed by atoms with Crippen LogP contribution in [0.15, 0.2) is 35.3 Å². The molecule has 3 rings (SSSR count). The molecule has 16 N–H and O–H groups in total. The largest absolute Gasteiger partial charge is 0.480 e. The zero-order valence-corrected chi connectivity index (χ0v) is 26.4. The van der Waals surface area contributed by atoms with E-state index in [0.717, 1.165) is 0 Å². The number of amides is 2. The van der Waals surface area contributed by atoms with Gasteiger partial charge in [-0.3, -0.25) is 25.2 Å². The molecule has 2 aromatic heterocycles. The van der Waals surface area contributed by atoms with Crippen LogP contribution < -0.4 is 66.3 Å². The van der Waals surface area contributed by atoms with E-state index in [1.165, 1.54) is 18.3 Å². The molecule has 2 heterocycles. The van der Waals surface area contributed by atoms with E-state index in [1.807, 2.05) is 0 Å². The summed E-state index contributed by atoms with van der Waals surface area (Å²) in [6.07, 6.45) is 2.07. The fourth-order valence-electron chi connectivity index (χ4n) is 4.26. The van der Waals surface area contributed by atoms with E-state index in [1.54, 1.807) is 24.2 Å². The number of nitrogens with one attached hydrogen (secondary N) is 10. The number of hydrogen-bond acceptors (Lipinski definition) is 18. The molecule has 23 nitrogen and oxygen atoms in total. The Hall–Kier alpha value is -5.40. The number of carboxylic acids is 2. The third-order valence-corrected chi connectivity index (χ3v) is 6.75. The highest BCUT2D eigenvalue weighted by atomic mass is 16.4. The number of aromatic amines is 1. The van der Waals surface area contributed by atoms with Gasteiger partial charge < -0.3 is 31.9 Å². The minimum absolute atomic E-state index is 0.0348. The molecular weight excluding hydrogens is 648 g/mol. The van der Waals surface area contributed by atoms with Gasteiger partial charge in [0.25, 0.3) is 11.5 Å². The topological polar surface area (TPSA) is 344 Å². The number of unbranched alkanes of at least 4 members (excludes halogenated alkanes) is 1. The lowest BCUT2D eigenvalue weighted by Crippen LogP contribution is -2.62. The molecule has 0 saturated heterocycles. The van der Waals surface area contributed by atoms with E-state index in [4.69, 9.17) is 11.6 Å². The average Bonchev–Trinajstić information content (AvgIpc) is 3.06. The number of benzene rings is 1. The van der Waals surface area contributed by atoms with E-state index >= 15 is 0 Å². The van der Waals surface area contributed by atoms with Crippen molar-refractivity contribution < 1.29 is 29.4 Å². The Morgan fingerprint density at radius 2 is 1.63 bits per heavy atom. The van der Waals surface area contributed by atoms with Crippen LogP contribution in [-0.4, -0.2) is 84.6 Å². The molecular formula is C26H40N16O7. The van der Waals surface area contributed by atoms with Crippen LogP contribution in [0.25, 0.3) is 11.2 Å². The maximum atomic E-state index is 12.8. The summed E-state index contributed by atoms with van der Waals surface area (Å²) in [5, 5.41) is 28.7. The molecule has 0 saturated carbocycles. The minimum Gasteiger partial charge on any atom is -0.480 e. The molecule has 0 spiro atoms. The first-order valence-corrected chi connectivity index (χ1v) is 14.8. The molecule has 23 heteroatoms. The van der Waals surface area contributed by atoms with Gasteiger partial charge >= 0.3 is 11.9 Å². The molecule has 2 unspecified atom stereocenters. The van der Waals surface area contributed by atoms with Crippen molar-refractivity contribution in [1.29, 1.82) is 0 Å². The Morgan fingerprint density at radius 3 is 2.33 bits per heavy atom. The highest BCUT2D eigenvalue weighted by Crippen LogP contribution is 2.13. The highest BCUT2D eigenvalue weighted by Gasteiger charge is 2.24. The Bertz CT molecular complexity index is 1620. The van der Waals surface area contributed by atoms with Crippen LogP contribution in [0.3, 0.4) is 0 Å². The normalized spacial score (nSPS) is 12.4. The first-order valence-electron chi connectivity index (χ1n) is 14.8. The van der Waals surface area contributed by atoms with Gasteiger partial charge in [0.15, 0.2) is 11.2 Å². The summed E-state index contributed by atoms with van der Waals surface area (Å²) in [5.74, 6) is 1.02. The lowest BCUT2D eigenvalue weighted by Gasteiger charge is -2.20. The average molecular weight is 689 g/mol. The number of nitrogen functional groups attached to an aromatic ring is 1. The number of carboxylic acid groups (broad SMARTS) is 2. The molecule has 0 aliphatic rings. The molecule has 266 valence electrons. The summed E-state index contributed by atoms with van der Waals surface area (Å²) >= 11 is 0. The number of nitrogens with zero attached hydrogens (tertiary/aromatic N) is 4. The summed E-state index contributed by atoms with van der Waals surface area (Å²) < 4.78 is 0. The fourth-order valence-corrected chi connectivity index (χ4v) is 4.26. The van der Waals surface area contributed by atoms with Crippen LogP contribution in [0.1, 0.15) is 48.2 Å². The van der Waals surface area contributed by atoms with E-state index in [0.29, 0.717) is 30.8 Å². The first kappa shape index (κ1) is 38.1. The number of aliphatic carboxylic acids is 2. The number of hydrogen-bond donors (Lipinski definition) is 14. The van der Waals surface area contributed by atoms with Crippen LogP contribution >= 0.6 is 0 Å². The van der Waals surface area contributed by atoms with Gasteiger partial charge in [0.05, 0.1) is 18.4 Å². The summed E-state index contributed by atoms with van der Waals surface area (Å²) in [7, 11) is 1.75. The summed E-state index contributed by atoms with van der Waals surface area (Å²) in [6.45, 7) is 0.731. The predicted molar refractivity (Wildman–Crippen MR) is 173 cm³/mol. The summed E-state index contributed by atoms with van der Waals surface area (Å²) in [5.41, 5.74) is 21.2. The van der Waals surface area contributed by atoms with Gasteiger partial charge in [0.1, 0.15) is 12.1 Å². The number of anilines is 2. The standard InChI is InChI=1S/C26H40N16O7/c1-42(41-40-39-38-37-36-28)11-3-2-4-17(24(46)47)32-19(43)10-9-18(25(48)49)33-22(44)14-5-7-15(8-6-14)29-12-16-13-30-21-20(31-16)23(45)35-26(27)34-21/h5-8,13,17-18,29,36-41H,2-4,9-12,28H2,1H3,(H,32,43)(H,33,44)(H,46,47)(H,48,49)(H3,27,30,34,35,45). The zero-order chi connectivity index (χ0) is 35.8. The maximum absolute atomic E-state index is 12.8. The second-order valence-electron chi connectivity index (χ2n) is 10.5. The van der Waals surface area contributed by atoms with Gasteiger partial charge in [-0.15, -0.1) is 0 Å². The Balaban J connectivity index is 1.42. The van der Waals surface area contributed by atoms with Crippen LogP contribution in [0.2, 0.25) is 0 Å². The lowest BCUT2D eigenvalue weighted by atomic mass is 10.1. The first-order chi connectivity index (χ1) is 23.5. The van der Waals surface area contributed by atoms with Gasteiger partial charge in [0.2, 0.25) is 11.9 Å². The molecule has 3 aromatic rings. The molecule has 2 atom stereocenters. The van der Waals surface area contributed by atoms with Crippen LogP contribution in [0, 0.1) is 0 Å². The van der Waals surface area contributed by atoms with E-state index in [9.17, 15) is 34.2 Å². The molecule has 0 aliphatic heterocycles. The van der Waals surface area contributed by atoms with Crippen molar-refractivity contribution in [3.63, 3.8) is 0 Å². The number of aromatic nitrogens is 4. The van der Waals surface area contributed by atoms with Crippen molar-refractivity contribution in [2.45, 2.75) is 50.7 Å². The Kier molecular flexibility index (Phi) is 15.1. The monoisotopic (exact) mass is 688 g/mol. The fraction of sp³-hybridized carbons (Fsp3) is 0.385. The SMILES string of the molecule is CN(CCCCC(NC(=O)CCC(NC(=O)c1ccc(NCc2cnc3nc(N)[nH]c(=O)c3n2)cc1)C(=O)O)C(=O)O)NNNNNNN. The predicted octanol–water partition coefficient (Wildman–Crippen LogP) is -3.56. The number of hydrazine groups is 7. The van der Waals surface area contributed by atoms with E-state index < -0.39 is 41.4 Å². The van der Waals surface area contributed by atoms with Gasteiger partial charge in [-0.1, -0.05) is 0 Å². The number of fused-ring (bicyclic) bond motifs is 1. The van der Waals surface area contributed by atoms with Crippen molar-refractivity contribution in [3.05, 3.63) is 52.1 Å². The van der Waals surface area contributed by atoms with Crippen molar-refractivity contribution in [2.75, 3.05) is 24.6 Å². The third-order valence-electron chi connectivity index (χ3n) is 6.75. The summed E-state index contributed by atoms with van der Waals surface area (Å²) in [6, 6.07) is 3.56. The number of carbonyl (C=O) groups excluding carboxylic acids is 2. The van der Waals surface area contributed by atoms with Crippen molar-refractivity contribution in [1.82, 2.24) is 68.8 Å². The number of nitrogens with two attached hydrogens (primary N) is 2. The van der Waals surface area contributed by atoms with Gasteiger partial charge in [-0.05, 0) is 49.9 Å². The van der Waals surface area contributed by atoms with Gasteiger partial charge in [-0.25, -0.2) is 24.6 Å². The molecule has 0 bridgehead atoms. The zero-order valence-electron chi connectivity index (χ0n) is 26.4. The molecule has 0 fully saturated rings. The van der Waals surface area contributed by atoms with Crippen LogP contribution in [0.5, 0.6) is 0 Å². The summed E-state index contributed by atoms with van der Waals surface area (Å²) in [4.78, 5) is 75.4. The number of rotatable bonds is 22. The quantitative estimate of drug-likeness (QED) is 0.0276.